The zero-order chi connectivity index (χ0) is 10.5. The van der Waals surface area contributed by atoms with Crippen LogP contribution in [0.1, 0.15) is 32.1 Å². The number of ether oxygens (including phenoxy) is 1. The van der Waals surface area contributed by atoms with E-state index in [2.05, 4.69) is 4.90 Å². The quantitative estimate of drug-likeness (QED) is 0.761. The third kappa shape index (κ3) is 3.44. The van der Waals surface area contributed by atoms with Gasteiger partial charge in [0.1, 0.15) is 0 Å². The number of nitrogens with zero attached hydrogens (tertiary/aromatic N) is 1. The molecule has 0 aromatic carbocycles. The Morgan fingerprint density at radius 3 is 2.53 bits per heavy atom. The van der Waals surface area contributed by atoms with E-state index >= 15 is 0 Å². The average molecular weight is 212 g/mol. The fourth-order valence-corrected chi connectivity index (χ4v) is 2.78. The van der Waals surface area contributed by atoms with Crippen molar-refractivity contribution in [3.8, 4) is 0 Å². The van der Waals surface area contributed by atoms with Crippen LogP contribution >= 0.6 is 0 Å². The van der Waals surface area contributed by atoms with Gasteiger partial charge >= 0.3 is 0 Å². The molecule has 88 valence electrons. The molecule has 3 heteroatoms. The first-order valence-electron chi connectivity index (χ1n) is 6.42. The van der Waals surface area contributed by atoms with Gasteiger partial charge < -0.3 is 10.5 Å². The van der Waals surface area contributed by atoms with Gasteiger partial charge in [0.2, 0.25) is 0 Å². The molecule has 1 aliphatic carbocycles. The van der Waals surface area contributed by atoms with Crippen molar-refractivity contribution in [1.82, 2.24) is 4.90 Å². The van der Waals surface area contributed by atoms with Gasteiger partial charge in [0.05, 0.1) is 13.2 Å². The normalized spacial score (nSPS) is 27.0. The first kappa shape index (κ1) is 11.4. The molecule has 1 saturated heterocycles. The predicted molar refractivity (Wildman–Crippen MR) is 61.8 cm³/mol. The Hall–Kier alpha value is -0.120. The van der Waals surface area contributed by atoms with Crippen LogP contribution in [0.5, 0.6) is 0 Å². The van der Waals surface area contributed by atoms with E-state index in [1.807, 2.05) is 0 Å². The summed E-state index contributed by atoms with van der Waals surface area (Å²) in [5.74, 6) is 0.811. The van der Waals surface area contributed by atoms with E-state index in [1.165, 1.54) is 38.6 Å². The first-order chi connectivity index (χ1) is 7.36. The lowest BCUT2D eigenvalue weighted by Gasteiger charge is -2.28. The molecule has 0 bridgehead atoms. The minimum Gasteiger partial charge on any atom is -0.379 e. The first-order valence-corrected chi connectivity index (χ1v) is 6.42. The van der Waals surface area contributed by atoms with Crippen LogP contribution in [0, 0.1) is 5.92 Å². The number of morpholine rings is 1. The van der Waals surface area contributed by atoms with Crippen molar-refractivity contribution < 1.29 is 4.74 Å². The highest BCUT2D eigenvalue weighted by molar-refractivity contribution is 4.79. The summed E-state index contributed by atoms with van der Waals surface area (Å²) >= 11 is 0. The zero-order valence-corrected chi connectivity index (χ0v) is 9.66. The number of rotatable bonds is 4. The Morgan fingerprint density at radius 2 is 1.87 bits per heavy atom. The van der Waals surface area contributed by atoms with Crippen LogP contribution in [0.25, 0.3) is 0 Å². The van der Waals surface area contributed by atoms with Crippen molar-refractivity contribution in [1.29, 1.82) is 0 Å². The van der Waals surface area contributed by atoms with Crippen LogP contribution in [0.4, 0.5) is 0 Å². The number of nitrogens with two attached hydrogens (primary N) is 1. The Kier molecular flexibility index (Phi) is 4.42. The van der Waals surface area contributed by atoms with Gasteiger partial charge in [0.25, 0.3) is 0 Å². The minimum atomic E-state index is 0.440. The molecule has 0 aromatic rings. The van der Waals surface area contributed by atoms with Crippen molar-refractivity contribution in [2.75, 3.05) is 32.8 Å². The van der Waals surface area contributed by atoms with Crippen LogP contribution < -0.4 is 5.73 Å². The van der Waals surface area contributed by atoms with E-state index < -0.39 is 0 Å². The van der Waals surface area contributed by atoms with E-state index in [1.54, 1.807) is 0 Å². The molecular formula is C12H24N2O. The molecule has 3 nitrogen and oxygen atoms in total. The molecule has 2 aliphatic rings. The highest BCUT2D eigenvalue weighted by Crippen LogP contribution is 2.28. The maximum Gasteiger partial charge on any atom is 0.0594 e. The Morgan fingerprint density at radius 1 is 1.20 bits per heavy atom. The maximum atomic E-state index is 6.24. The summed E-state index contributed by atoms with van der Waals surface area (Å²) < 4.78 is 5.33. The fourth-order valence-electron chi connectivity index (χ4n) is 2.78. The fraction of sp³-hybridized carbons (Fsp3) is 1.00. The highest BCUT2D eigenvalue weighted by atomic mass is 16.5. The van der Waals surface area contributed by atoms with E-state index in [-0.39, 0.29) is 0 Å². The molecule has 1 aliphatic heterocycles. The van der Waals surface area contributed by atoms with Crippen molar-refractivity contribution in [2.45, 2.75) is 38.1 Å². The lowest BCUT2D eigenvalue weighted by Crippen LogP contribution is -2.40. The second kappa shape index (κ2) is 5.83. The maximum absolute atomic E-state index is 6.24. The minimum absolute atomic E-state index is 0.440. The van der Waals surface area contributed by atoms with E-state index in [0.717, 1.165) is 32.2 Å². The van der Waals surface area contributed by atoms with Crippen molar-refractivity contribution in [3.05, 3.63) is 0 Å². The zero-order valence-electron chi connectivity index (χ0n) is 9.66. The van der Waals surface area contributed by atoms with Crippen LogP contribution in [-0.4, -0.2) is 43.8 Å². The Bertz CT molecular complexity index is 174. The molecule has 1 unspecified atom stereocenters. The van der Waals surface area contributed by atoms with Gasteiger partial charge in [-0.2, -0.15) is 0 Å². The third-order valence-electron chi connectivity index (χ3n) is 3.89. The molecule has 0 amide bonds. The summed E-state index contributed by atoms with van der Waals surface area (Å²) in [6.45, 7) is 5.16. The molecule has 1 atom stereocenters. The van der Waals surface area contributed by atoms with Gasteiger partial charge in [-0.1, -0.05) is 12.8 Å². The molecular weight excluding hydrogens is 188 g/mol. The molecule has 2 fully saturated rings. The Labute approximate surface area is 93.0 Å². The van der Waals surface area contributed by atoms with Crippen molar-refractivity contribution in [2.24, 2.45) is 11.7 Å². The molecule has 2 rings (SSSR count). The third-order valence-corrected chi connectivity index (χ3v) is 3.89. The van der Waals surface area contributed by atoms with Crippen LogP contribution in [0.15, 0.2) is 0 Å². The standard InChI is InChI=1S/C12H24N2O/c13-12(11-3-1-2-4-11)5-6-14-7-9-15-10-8-14/h11-12H,1-10,13H2. The van der Waals surface area contributed by atoms with E-state index in [0.29, 0.717) is 6.04 Å². The van der Waals surface area contributed by atoms with Crippen LogP contribution in [0.2, 0.25) is 0 Å². The van der Waals surface area contributed by atoms with Gasteiger partial charge in [0.15, 0.2) is 0 Å². The summed E-state index contributed by atoms with van der Waals surface area (Å²) in [7, 11) is 0. The average Bonchev–Trinajstić information content (AvgIpc) is 2.81. The predicted octanol–water partition coefficient (Wildman–Crippen LogP) is 1.23. The highest BCUT2D eigenvalue weighted by Gasteiger charge is 2.22. The SMILES string of the molecule is NC(CCN1CCOCC1)C1CCCC1. The number of hydrogen-bond donors (Lipinski definition) is 1. The molecule has 0 spiro atoms. The van der Waals surface area contributed by atoms with Crippen molar-refractivity contribution >= 4 is 0 Å². The van der Waals surface area contributed by atoms with Gasteiger partial charge in [-0.25, -0.2) is 0 Å². The van der Waals surface area contributed by atoms with E-state index in [9.17, 15) is 0 Å². The van der Waals surface area contributed by atoms with Gasteiger partial charge in [-0.3, -0.25) is 4.90 Å². The van der Waals surface area contributed by atoms with Crippen LogP contribution in [0.3, 0.4) is 0 Å². The molecule has 15 heavy (non-hydrogen) atoms. The summed E-state index contributed by atoms with van der Waals surface area (Å²) in [5.41, 5.74) is 6.24. The smallest absolute Gasteiger partial charge is 0.0594 e. The van der Waals surface area contributed by atoms with Gasteiger partial charge in [0, 0.05) is 19.1 Å². The molecule has 2 N–H and O–H groups in total. The molecule has 1 saturated carbocycles. The molecule has 1 heterocycles. The second-order valence-electron chi connectivity index (χ2n) is 4.95. The van der Waals surface area contributed by atoms with Gasteiger partial charge in [-0.15, -0.1) is 0 Å². The molecule has 0 aromatic heterocycles. The van der Waals surface area contributed by atoms with Crippen LogP contribution in [-0.2, 0) is 4.74 Å². The monoisotopic (exact) mass is 212 g/mol. The van der Waals surface area contributed by atoms with Gasteiger partial charge in [-0.05, 0) is 31.7 Å². The number of hydrogen-bond acceptors (Lipinski definition) is 3. The molecule has 0 radical (unpaired) electrons. The largest absolute Gasteiger partial charge is 0.379 e. The summed E-state index contributed by atoms with van der Waals surface area (Å²) in [4.78, 5) is 2.48. The summed E-state index contributed by atoms with van der Waals surface area (Å²) in [5, 5.41) is 0. The van der Waals surface area contributed by atoms with E-state index in [4.69, 9.17) is 10.5 Å². The van der Waals surface area contributed by atoms with Crippen molar-refractivity contribution in [3.63, 3.8) is 0 Å². The summed E-state index contributed by atoms with van der Waals surface area (Å²) in [6, 6.07) is 0.440. The lowest BCUT2D eigenvalue weighted by molar-refractivity contribution is 0.0359. The lowest BCUT2D eigenvalue weighted by atomic mass is 9.96. The topological polar surface area (TPSA) is 38.5 Å². The Balaban J connectivity index is 1.63. The summed E-state index contributed by atoms with van der Waals surface area (Å²) in [6.07, 6.45) is 6.70. The second-order valence-corrected chi connectivity index (χ2v) is 4.95.